The molecule has 0 saturated carbocycles. The van der Waals surface area contributed by atoms with Gasteiger partial charge < -0.3 is 16.3 Å². The summed E-state index contributed by atoms with van der Waals surface area (Å²) in [5.41, 5.74) is 6.03. The molecule has 10 heteroatoms. The zero-order valence-corrected chi connectivity index (χ0v) is 11.2. The Hall–Kier alpha value is -2.10. The second-order valence-corrected chi connectivity index (χ2v) is 6.41. The lowest BCUT2D eigenvalue weighted by molar-refractivity contribution is 0.304. The third kappa shape index (κ3) is 4.95. The average molecular weight is 288 g/mol. The monoisotopic (exact) mass is 288 g/mol. The van der Waals surface area contributed by atoms with Crippen LogP contribution in [0, 0.1) is 4.78 Å². The summed E-state index contributed by atoms with van der Waals surface area (Å²) in [6.45, 7) is 3.76. The summed E-state index contributed by atoms with van der Waals surface area (Å²) in [6.07, 6.45) is 2.45. The van der Waals surface area contributed by atoms with Crippen LogP contribution in [-0.2, 0) is 9.73 Å². The number of nitrogens with one attached hydrogen (secondary N) is 2. The molecule has 106 valence electrons. The standard InChI is InChI=1S/C9H16N6O3S/c1-6(4-3-5-19(2,11)17)12-9-7(8(10)13-16)14-18-15-9/h11,16H,1,3-5H2,2H3,(H2,10,13)(H,12,15). The van der Waals surface area contributed by atoms with Crippen molar-refractivity contribution in [1.82, 2.24) is 10.3 Å². The van der Waals surface area contributed by atoms with Crippen LogP contribution in [0.15, 0.2) is 22.1 Å². The molecular formula is C9H16N6O3S. The molecule has 0 spiro atoms. The van der Waals surface area contributed by atoms with Crippen LogP contribution in [0.3, 0.4) is 0 Å². The molecule has 1 unspecified atom stereocenters. The molecule has 19 heavy (non-hydrogen) atoms. The van der Waals surface area contributed by atoms with Gasteiger partial charge in [-0.25, -0.2) is 4.63 Å². The molecule has 1 rings (SSSR count). The van der Waals surface area contributed by atoms with E-state index in [1.54, 1.807) is 0 Å². The zero-order chi connectivity index (χ0) is 14.5. The molecule has 1 heterocycles. The van der Waals surface area contributed by atoms with Crippen LogP contribution in [0.2, 0.25) is 0 Å². The van der Waals surface area contributed by atoms with Crippen molar-refractivity contribution in [2.24, 2.45) is 10.9 Å². The first-order valence-corrected chi connectivity index (χ1v) is 7.43. The number of allylic oxidation sites excluding steroid dienone is 1. The first-order valence-electron chi connectivity index (χ1n) is 5.30. The number of aromatic nitrogens is 2. The van der Waals surface area contributed by atoms with Crippen LogP contribution < -0.4 is 11.1 Å². The van der Waals surface area contributed by atoms with Gasteiger partial charge in [0.1, 0.15) is 0 Å². The fourth-order valence-corrected chi connectivity index (χ4v) is 1.97. The van der Waals surface area contributed by atoms with E-state index < -0.39 is 9.73 Å². The lowest BCUT2D eigenvalue weighted by Crippen LogP contribution is -2.16. The van der Waals surface area contributed by atoms with Gasteiger partial charge in [-0.05, 0) is 23.2 Å². The van der Waals surface area contributed by atoms with Crippen LogP contribution in [0.25, 0.3) is 0 Å². The maximum Gasteiger partial charge on any atom is 0.206 e. The van der Waals surface area contributed by atoms with Crippen molar-refractivity contribution in [2.45, 2.75) is 12.8 Å². The Balaban J connectivity index is 2.56. The highest BCUT2D eigenvalue weighted by molar-refractivity contribution is 7.91. The van der Waals surface area contributed by atoms with E-state index in [1.165, 1.54) is 6.26 Å². The van der Waals surface area contributed by atoms with Crippen LogP contribution in [-0.4, -0.2) is 37.6 Å². The second-order valence-electron chi connectivity index (χ2n) is 3.99. The van der Waals surface area contributed by atoms with Gasteiger partial charge in [-0.3, -0.25) is 8.99 Å². The van der Waals surface area contributed by atoms with Gasteiger partial charge >= 0.3 is 0 Å². The van der Waals surface area contributed by atoms with Crippen LogP contribution in [0.5, 0.6) is 0 Å². The van der Waals surface area contributed by atoms with E-state index >= 15 is 0 Å². The van der Waals surface area contributed by atoms with E-state index in [2.05, 4.69) is 32.0 Å². The van der Waals surface area contributed by atoms with Gasteiger partial charge in [0.05, 0.1) is 0 Å². The van der Waals surface area contributed by atoms with Gasteiger partial charge in [0, 0.05) is 27.4 Å². The topological polar surface area (TPSA) is 150 Å². The molecular weight excluding hydrogens is 272 g/mol. The second kappa shape index (κ2) is 6.18. The summed E-state index contributed by atoms with van der Waals surface area (Å²) < 4.78 is 22.9. The fraction of sp³-hybridized carbons (Fsp3) is 0.444. The molecule has 0 aromatic carbocycles. The molecule has 0 aliphatic rings. The molecule has 0 amide bonds. The van der Waals surface area contributed by atoms with Gasteiger partial charge in [0.2, 0.25) is 5.82 Å². The first kappa shape index (κ1) is 15.0. The van der Waals surface area contributed by atoms with E-state index in [9.17, 15) is 4.21 Å². The highest BCUT2D eigenvalue weighted by Gasteiger charge is 2.14. The minimum absolute atomic E-state index is 0.0726. The predicted octanol–water partition coefficient (Wildman–Crippen LogP) is 0.546. The number of nitrogens with two attached hydrogens (primary N) is 1. The summed E-state index contributed by atoms with van der Waals surface area (Å²) in [6, 6.07) is 0. The minimum Gasteiger partial charge on any atom is -0.409 e. The van der Waals surface area contributed by atoms with E-state index in [-0.39, 0.29) is 23.1 Å². The Morgan fingerprint density at radius 2 is 2.37 bits per heavy atom. The summed E-state index contributed by atoms with van der Waals surface area (Å²) >= 11 is 0. The number of hydrogen-bond acceptors (Lipinski definition) is 8. The molecule has 0 aliphatic carbocycles. The van der Waals surface area contributed by atoms with Gasteiger partial charge in [-0.15, -0.1) is 0 Å². The summed E-state index contributed by atoms with van der Waals surface area (Å²) in [7, 11) is -2.49. The Kier molecular flexibility index (Phi) is 4.87. The predicted molar refractivity (Wildman–Crippen MR) is 70.5 cm³/mol. The molecule has 1 aromatic heterocycles. The molecule has 0 radical (unpaired) electrons. The van der Waals surface area contributed by atoms with E-state index in [0.29, 0.717) is 18.5 Å². The third-order valence-electron chi connectivity index (χ3n) is 2.15. The van der Waals surface area contributed by atoms with Crippen molar-refractivity contribution in [3.8, 4) is 0 Å². The van der Waals surface area contributed by atoms with E-state index in [4.69, 9.17) is 15.7 Å². The van der Waals surface area contributed by atoms with Crippen LogP contribution in [0.1, 0.15) is 18.5 Å². The van der Waals surface area contributed by atoms with Crippen molar-refractivity contribution < 1.29 is 14.0 Å². The number of rotatable bonds is 7. The van der Waals surface area contributed by atoms with Crippen molar-refractivity contribution in [2.75, 3.05) is 17.3 Å². The van der Waals surface area contributed by atoms with Gasteiger partial charge in [-0.2, -0.15) is 0 Å². The summed E-state index contributed by atoms with van der Waals surface area (Å²) in [5.74, 6) is 0.236. The van der Waals surface area contributed by atoms with Crippen molar-refractivity contribution >= 4 is 21.4 Å². The Morgan fingerprint density at radius 3 is 2.95 bits per heavy atom. The highest BCUT2D eigenvalue weighted by Crippen LogP contribution is 2.14. The number of amidine groups is 1. The third-order valence-corrected chi connectivity index (χ3v) is 3.21. The maximum atomic E-state index is 11.2. The number of anilines is 1. The highest BCUT2D eigenvalue weighted by atomic mass is 32.2. The van der Waals surface area contributed by atoms with Crippen LogP contribution >= 0.6 is 0 Å². The minimum atomic E-state index is -2.49. The van der Waals surface area contributed by atoms with Crippen molar-refractivity contribution in [1.29, 1.82) is 4.78 Å². The van der Waals surface area contributed by atoms with Crippen molar-refractivity contribution in [3.63, 3.8) is 0 Å². The number of nitrogens with zero attached hydrogens (tertiary/aromatic N) is 3. The quantitative estimate of drug-likeness (QED) is 0.247. The lowest BCUT2D eigenvalue weighted by atomic mass is 10.2. The lowest BCUT2D eigenvalue weighted by Gasteiger charge is -2.07. The Morgan fingerprint density at radius 1 is 1.68 bits per heavy atom. The Bertz CT molecular complexity index is 577. The molecule has 5 N–H and O–H groups in total. The molecule has 0 bridgehead atoms. The van der Waals surface area contributed by atoms with Crippen LogP contribution in [0.4, 0.5) is 5.82 Å². The van der Waals surface area contributed by atoms with E-state index in [0.717, 1.165) is 0 Å². The summed E-state index contributed by atoms with van der Waals surface area (Å²) in [4.78, 5) is 0. The van der Waals surface area contributed by atoms with Gasteiger partial charge in [0.15, 0.2) is 11.5 Å². The summed E-state index contributed by atoms with van der Waals surface area (Å²) in [5, 5.41) is 21.2. The molecule has 1 aromatic rings. The largest absolute Gasteiger partial charge is 0.409 e. The number of hydrogen-bond donors (Lipinski definition) is 4. The number of oxime groups is 1. The molecule has 0 saturated heterocycles. The molecule has 1 atom stereocenters. The van der Waals surface area contributed by atoms with Gasteiger partial charge in [-0.1, -0.05) is 11.7 Å². The maximum absolute atomic E-state index is 11.2. The van der Waals surface area contributed by atoms with Crippen molar-refractivity contribution in [3.05, 3.63) is 18.0 Å². The zero-order valence-electron chi connectivity index (χ0n) is 10.4. The Labute approximate surface area is 110 Å². The fourth-order valence-electron chi connectivity index (χ4n) is 1.28. The van der Waals surface area contributed by atoms with Gasteiger partial charge in [0.25, 0.3) is 0 Å². The molecule has 0 aliphatic heterocycles. The smallest absolute Gasteiger partial charge is 0.206 e. The molecule has 9 nitrogen and oxygen atoms in total. The normalized spacial score (nSPS) is 14.9. The molecule has 0 fully saturated rings. The van der Waals surface area contributed by atoms with E-state index in [1.807, 2.05) is 0 Å². The first-order chi connectivity index (χ1) is 8.83. The SMILES string of the molecule is C=C(CCCS(C)(=N)=O)Nc1nonc1/C(N)=N\O. The average Bonchev–Trinajstić information content (AvgIpc) is 2.74.